The van der Waals surface area contributed by atoms with E-state index in [1.807, 2.05) is 0 Å². The third kappa shape index (κ3) is 3.49. The molecule has 0 radical (unpaired) electrons. The van der Waals surface area contributed by atoms with Crippen molar-refractivity contribution in [3.63, 3.8) is 0 Å². The Morgan fingerprint density at radius 1 is 1.00 bits per heavy atom. The van der Waals surface area contributed by atoms with Gasteiger partial charge in [-0.1, -0.05) is 12.1 Å². The predicted molar refractivity (Wildman–Crippen MR) is 102 cm³/mol. The van der Waals surface area contributed by atoms with E-state index < -0.39 is 29.5 Å². The van der Waals surface area contributed by atoms with Gasteiger partial charge in [0.25, 0.3) is 11.8 Å². The average molecular weight is 413 g/mol. The zero-order valence-electron chi connectivity index (χ0n) is 15.4. The molecule has 2 heterocycles. The highest BCUT2D eigenvalue weighted by Crippen LogP contribution is 2.33. The molecule has 30 heavy (non-hydrogen) atoms. The zero-order valence-corrected chi connectivity index (χ0v) is 15.4. The van der Waals surface area contributed by atoms with E-state index in [4.69, 9.17) is 0 Å². The first-order valence-electron chi connectivity index (χ1n) is 8.97. The standard InChI is InChI=1S/C21H14F3N3O3/c22-21(23,24)12-5-6-16-15(11-12)17(7-9-25-16)26-18(28)8-10-27-19(29)13-3-1-2-4-14(13)20(27)30/h1-7,9,11H,8,10H2,(H,25,26,28). The number of aromatic nitrogens is 1. The molecule has 1 N–H and O–H groups in total. The lowest BCUT2D eigenvalue weighted by Crippen LogP contribution is -2.32. The van der Waals surface area contributed by atoms with Crippen molar-refractivity contribution in [3.05, 3.63) is 71.4 Å². The van der Waals surface area contributed by atoms with E-state index in [2.05, 4.69) is 10.3 Å². The molecule has 3 amide bonds. The first-order valence-corrected chi connectivity index (χ1v) is 8.97. The summed E-state index contributed by atoms with van der Waals surface area (Å²) in [4.78, 5) is 42.1. The molecule has 9 heteroatoms. The number of halogens is 3. The molecule has 0 bridgehead atoms. The Bertz CT molecular complexity index is 1160. The van der Waals surface area contributed by atoms with E-state index in [0.29, 0.717) is 5.52 Å². The van der Waals surface area contributed by atoms with Gasteiger partial charge in [-0.05, 0) is 36.4 Å². The number of amides is 3. The van der Waals surface area contributed by atoms with E-state index in [1.165, 1.54) is 30.5 Å². The van der Waals surface area contributed by atoms with Crippen LogP contribution in [-0.4, -0.2) is 34.2 Å². The number of carbonyl (C=O) groups is 3. The van der Waals surface area contributed by atoms with E-state index >= 15 is 0 Å². The minimum Gasteiger partial charge on any atom is -0.325 e. The van der Waals surface area contributed by atoms with E-state index in [0.717, 1.165) is 17.0 Å². The molecule has 0 aliphatic carbocycles. The lowest BCUT2D eigenvalue weighted by atomic mass is 10.1. The van der Waals surface area contributed by atoms with Gasteiger partial charge in [0.2, 0.25) is 5.91 Å². The highest BCUT2D eigenvalue weighted by molar-refractivity contribution is 6.21. The highest BCUT2D eigenvalue weighted by atomic mass is 19.4. The molecule has 1 aliphatic heterocycles. The Labute approximate surface area is 168 Å². The van der Waals surface area contributed by atoms with Crippen molar-refractivity contribution in [2.45, 2.75) is 12.6 Å². The van der Waals surface area contributed by atoms with Gasteiger partial charge in [-0.2, -0.15) is 13.2 Å². The van der Waals surface area contributed by atoms with Crippen molar-refractivity contribution in [3.8, 4) is 0 Å². The van der Waals surface area contributed by atoms with Gasteiger partial charge in [-0.25, -0.2) is 0 Å². The first-order chi connectivity index (χ1) is 14.3. The van der Waals surface area contributed by atoms with Gasteiger partial charge in [0.05, 0.1) is 27.9 Å². The van der Waals surface area contributed by atoms with Crippen molar-refractivity contribution < 1.29 is 27.6 Å². The summed E-state index contributed by atoms with van der Waals surface area (Å²) >= 11 is 0. The van der Waals surface area contributed by atoms with Crippen molar-refractivity contribution in [1.82, 2.24) is 9.88 Å². The molecule has 0 saturated carbocycles. The Morgan fingerprint density at radius 3 is 2.30 bits per heavy atom. The van der Waals surface area contributed by atoms with Crippen LogP contribution in [0.1, 0.15) is 32.7 Å². The molecule has 2 aromatic carbocycles. The number of carbonyl (C=O) groups excluding carboxylic acids is 3. The second-order valence-electron chi connectivity index (χ2n) is 6.69. The fraction of sp³-hybridized carbons (Fsp3) is 0.143. The fourth-order valence-corrected chi connectivity index (χ4v) is 3.30. The van der Waals surface area contributed by atoms with Crippen LogP contribution in [0.15, 0.2) is 54.7 Å². The Morgan fingerprint density at radius 2 is 1.67 bits per heavy atom. The van der Waals surface area contributed by atoms with Crippen LogP contribution in [0, 0.1) is 0 Å². The summed E-state index contributed by atoms with van der Waals surface area (Å²) in [5.74, 6) is -1.50. The molecule has 0 atom stereocenters. The largest absolute Gasteiger partial charge is 0.416 e. The third-order valence-electron chi connectivity index (χ3n) is 4.78. The number of pyridine rings is 1. The molecule has 0 saturated heterocycles. The van der Waals surface area contributed by atoms with Crippen molar-refractivity contribution in [1.29, 1.82) is 0 Å². The molecule has 6 nitrogen and oxygen atoms in total. The number of anilines is 1. The van der Waals surface area contributed by atoms with Crippen LogP contribution in [0.4, 0.5) is 18.9 Å². The Kier molecular flexibility index (Phi) is 4.73. The first kappa shape index (κ1) is 19.6. The number of hydrogen-bond acceptors (Lipinski definition) is 4. The van der Waals surface area contributed by atoms with Crippen molar-refractivity contribution >= 4 is 34.3 Å². The minimum absolute atomic E-state index is 0.140. The number of nitrogens with zero attached hydrogens (tertiary/aromatic N) is 2. The number of fused-ring (bicyclic) bond motifs is 2. The summed E-state index contributed by atoms with van der Waals surface area (Å²) in [6, 6.07) is 10.8. The number of rotatable bonds is 4. The normalized spacial score (nSPS) is 13.6. The van der Waals surface area contributed by atoms with Crippen LogP contribution in [-0.2, 0) is 11.0 Å². The van der Waals surface area contributed by atoms with E-state index in [-0.39, 0.29) is 35.2 Å². The molecule has 3 aromatic rings. The van der Waals surface area contributed by atoms with Gasteiger partial charge in [0, 0.05) is 24.5 Å². The molecule has 0 unspecified atom stereocenters. The van der Waals surface area contributed by atoms with Gasteiger partial charge in [0.15, 0.2) is 0 Å². The smallest absolute Gasteiger partial charge is 0.325 e. The van der Waals surface area contributed by atoms with Gasteiger partial charge in [0.1, 0.15) is 0 Å². The van der Waals surface area contributed by atoms with Crippen molar-refractivity contribution in [2.75, 3.05) is 11.9 Å². The molecule has 4 rings (SSSR count). The molecule has 0 fully saturated rings. The number of benzene rings is 2. The molecule has 0 spiro atoms. The molecular formula is C21H14F3N3O3. The van der Waals surface area contributed by atoms with Crippen LogP contribution in [0.25, 0.3) is 10.9 Å². The summed E-state index contributed by atoms with van der Waals surface area (Å²) in [5.41, 5.74) is 0.162. The zero-order chi connectivity index (χ0) is 21.5. The highest BCUT2D eigenvalue weighted by Gasteiger charge is 2.35. The summed E-state index contributed by atoms with van der Waals surface area (Å²) in [5, 5.41) is 2.68. The number of nitrogens with one attached hydrogen (secondary N) is 1. The predicted octanol–water partition coefficient (Wildman–Crippen LogP) is 3.88. The van der Waals surface area contributed by atoms with Crippen LogP contribution in [0.3, 0.4) is 0 Å². The minimum atomic E-state index is -4.53. The number of alkyl halides is 3. The Hall–Kier alpha value is -3.75. The van der Waals surface area contributed by atoms with Crippen molar-refractivity contribution in [2.24, 2.45) is 0 Å². The van der Waals surface area contributed by atoms with Crippen LogP contribution in [0.5, 0.6) is 0 Å². The van der Waals surface area contributed by atoms with Crippen LogP contribution >= 0.6 is 0 Å². The maximum Gasteiger partial charge on any atom is 0.416 e. The summed E-state index contributed by atoms with van der Waals surface area (Å²) in [6.07, 6.45) is -3.36. The second-order valence-corrected chi connectivity index (χ2v) is 6.69. The van der Waals surface area contributed by atoms with Gasteiger partial charge < -0.3 is 5.32 Å². The molecule has 152 valence electrons. The van der Waals surface area contributed by atoms with Gasteiger partial charge in [-0.3, -0.25) is 24.3 Å². The number of hydrogen-bond donors (Lipinski definition) is 1. The average Bonchev–Trinajstić information content (AvgIpc) is 2.96. The SMILES string of the molecule is O=C(CCN1C(=O)c2ccccc2C1=O)Nc1ccnc2ccc(C(F)(F)F)cc12. The topological polar surface area (TPSA) is 79.4 Å². The summed E-state index contributed by atoms with van der Waals surface area (Å²) in [7, 11) is 0. The fourth-order valence-electron chi connectivity index (χ4n) is 3.30. The summed E-state index contributed by atoms with van der Waals surface area (Å²) in [6.45, 7) is -0.144. The molecular weight excluding hydrogens is 399 g/mol. The van der Waals surface area contributed by atoms with Crippen LogP contribution < -0.4 is 5.32 Å². The van der Waals surface area contributed by atoms with Crippen LogP contribution in [0.2, 0.25) is 0 Å². The maximum atomic E-state index is 13.0. The van der Waals surface area contributed by atoms with E-state index in [9.17, 15) is 27.6 Å². The van der Waals surface area contributed by atoms with Gasteiger partial charge >= 0.3 is 6.18 Å². The number of imide groups is 1. The quantitative estimate of drug-likeness (QED) is 0.659. The lowest BCUT2D eigenvalue weighted by Gasteiger charge is -2.14. The molecule has 1 aliphatic rings. The van der Waals surface area contributed by atoms with Gasteiger partial charge in [-0.15, -0.1) is 0 Å². The van der Waals surface area contributed by atoms with E-state index in [1.54, 1.807) is 12.1 Å². The maximum absolute atomic E-state index is 13.0. The third-order valence-corrected chi connectivity index (χ3v) is 4.78. The lowest BCUT2D eigenvalue weighted by molar-refractivity contribution is -0.137. The Balaban J connectivity index is 1.49. The second kappa shape index (κ2) is 7.25. The molecule has 1 aromatic heterocycles. The monoisotopic (exact) mass is 413 g/mol. The summed E-state index contributed by atoms with van der Waals surface area (Å²) < 4.78 is 39.0.